The highest BCUT2D eigenvalue weighted by Gasteiger charge is 2.22. The van der Waals surface area contributed by atoms with E-state index in [2.05, 4.69) is 22.4 Å². The minimum Gasteiger partial charge on any atom is -0.381 e. The standard InChI is InChI=1S/C15H26N4O/c16-17-14(9-12-6-8-20-11-12)10-13-5-7-19(18-13)15-3-1-2-4-15/h5,7,12,14-15,17H,1-4,6,8-11,16H2. The van der Waals surface area contributed by atoms with Crippen molar-refractivity contribution < 1.29 is 4.74 Å². The van der Waals surface area contributed by atoms with Gasteiger partial charge < -0.3 is 4.74 Å². The van der Waals surface area contributed by atoms with Gasteiger partial charge in [-0.15, -0.1) is 0 Å². The summed E-state index contributed by atoms with van der Waals surface area (Å²) >= 11 is 0. The molecule has 5 nitrogen and oxygen atoms in total. The van der Waals surface area contributed by atoms with Crippen LogP contribution in [0.15, 0.2) is 12.3 Å². The fourth-order valence-electron chi connectivity index (χ4n) is 3.49. The second-order valence-electron chi connectivity index (χ2n) is 6.26. The molecule has 3 N–H and O–H groups in total. The number of nitrogens with zero attached hydrogens (tertiary/aromatic N) is 2. The van der Waals surface area contributed by atoms with E-state index in [1.807, 2.05) is 0 Å². The number of rotatable bonds is 6. The van der Waals surface area contributed by atoms with Crippen LogP contribution in [-0.2, 0) is 11.2 Å². The minimum atomic E-state index is 0.300. The van der Waals surface area contributed by atoms with Crippen LogP contribution in [0.4, 0.5) is 0 Å². The molecule has 1 saturated carbocycles. The van der Waals surface area contributed by atoms with Gasteiger partial charge in [0.05, 0.1) is 11.7 Å². The van der Waals surface area contributed by atoms with E-state index < -0.39 is 0 Å². The molecule has 2 fully saturated rings. The molecule has 2 atom stereocenters. The summed E-state index contributed by atoms with van der Waals surface area (Å²) in [6.45, 7) is 1.78. The molecular weight excluding hydrogens is 252 g/mol. The molecule has 1 saturated heterocycles. The van der Waals surface area contributed by atoms with Crippen LogP contribution in [0.1, 0.15) is 50.3 Å². The summed E-state index contributed by atoms with van der Waals surface area (Å²) in [5, 5.41) is 4.74. The van der Waals surface area contributed by atoms with Crippen molar-refractivity contribution in [2.75, 3.05) is 13.2 Å². The molecule has 2 heterocycles. The van der Waals surface area contributed by atoms with Crippen LogP contribution in [0.25, 0.3) is 0 Å². The summed E-state index contributed by atoms with van der Waals surface area (Å²) in [6.07, 6.45) is 10.5. The van der Waals surface area contributed by atoms with Crippen molar-refractivity contribution in [1.29, 1.82) is 0 Å². The zero-order valence-electron chi connectivity index (χ0n) is 12.1. The van der Waals surface area contributed by atoms with E-state index in [0.717, 1.165) is 38.2 Å². The smallest absolute Gasteiger partial charge is 0.0640 e. The van der Waals surface area contributed by atoms with Crippen LogP contribution in [0.3, 0.4) is 0 Å². The molecule has 3 rings (SSSR count). The van der Waals surface area contributed by atoms with Crippen molar-refractivity contribution in [3.05, 3.63) is 18.0 Å². The Morgan fingerprint density at radius 3 is 2.95 bits per heavy atom. The number of hydrogen-bond acceptors (Lipinski definition) is 4. The lowest BCUT2D eigenvalue weighted by Crippen LogP contribution is -2.38. The fraction of sp³-hybridized carbons (Fsp3) is 0.800. The van der Waals surface area contributed by atoms with Crippen molar-refractivity contribution in [1.82, 2.24) is 15.2 Å². The van der Waals surface area contributed by atoms with Crippen LogP contribution in [-0.4, -0.2) is 29.0 Å². The lowest BCUT2D eigenvalue weighted by Gasteiger charge is -2.18. The van der Waals surface area contributed by atoms with E-state index in [0.29, 0.717) is 18.0 Å². The third-order valence-electron chi connectivity index (χ3n) is 4.70. The molecule has 0 aromatic carbocycles. The Balaban J connectivity index is 1.54. The highest BCUT2D eigenvalue weighted by atomic mass is 16.5. The van der Waals surface area contributed by atoms with E-state index in [9.17, 15) is 0 Å². The first-order valence-corrected chi connectivity index (χ1v) is 7.93. The first-order chi connectivity index (χ1) is 9.85. The quantitative estimate of drug-likeness (QED) is 0.615. The summed E-state index contributed by atoms with van der Waals surface area (Å²) in [4.78, 5) is 0. The van der Waals surface area contributed by atoms with Crippen LogP contribution < -0.4 is 11.3 Å². The highest BCUT2D eigenvalue weighted by Crippen LogP contribution is 2.29. The van der Waals surface area contributed by atoms with E-state index >= 15 is 0 Å². The number of nitrogens with one attached hydrogen (secondary N) is 1. The topological polar surface area (TPSA) is 65.1 Å². The van der Waals surface area contributed by atoms with Gasteiger partial charge in [-0.1, -0.05) is 12.8 Å². The van der Waals surface area contributed by atoms with Crippen LogP contribution in [0.5, 0.6) is 0 Å². The van der Waals surface area contributed by atoms with Gasteiger partial charge in [-0.05, 0) is 37.7 Å². The molecule has 20 heavy (non-hydrogen) atoms. The summed E-state index contributed by atoms with van der Waals surface area (Å²) in [5.41, 5.74) is 4.10. The Morgan fingerprint density at radius 2 is 2.25 bits per heavy atom. The van der Waals surface area contributed by atoms with Gasteiger partial charge in [-0.2, -0.15) is 5.10 Å². The predicted octanol–water partition coefficient (Wildman–Crippen LogP) is 1.80. The lowest BCUT2D eigenvalue weighted by molar-refractivity contribution is 0.181. The molecule has 0 radical (unpaired) electrons. The zero-order chi connectivity index (χ0) is 13.8. The molecule has 0 amide bonds. The minimum absolute atomic E-state index is 0.300. The third-order valence-corrected chi connectivity index (χ3v) is 4.70. The molecule has 5 heteroatoms. The van der Waals surface area contributed by atoms with Gasteiger partial charge in [0.2, 0.25) is 0 Å². The average Bonchev–Trinajstić information content (AvgIpc) is 3.20. The van der Waals surface area contributed by atoms with Gasteiger partial charge in [0.1, 0.15) is 0 Å². The molecule has 2 aliphatic rings. The molecule has 1 aliphatic carbocycles. The average molecular weight is 278 g/mol. The van der Waals surface area contributed by atoms with Gasteiger partial charge in [0, 0.05) is 31.9 Å². The molecule has 112 valence electrons. The second-order valence-corrected chi connectivity index (χ2v) is 6.26. The third kappa shape index (κ3) is 3.40. The van der Waals surface area contributed by atoms with E-state index in [-0.39, 0.29) is 0 Å². The molecule has 0 bridgehead atoms. The van der Waals surface area contributed by atoms with Crippen molar-refractivity contribution in [2.24, 2.45) is 11.8 Å². The fourth-order valence-corrected chi connectivity index (χ4v) is 3.49. The largest absolute Gasteiger partial charge is 0.381 e. The Hall–Kier alpha value is -0.910. The molecule has 1 aromatic heterocycles. The SMILES string of the molecule is NNC(Cc1ccn(C2CCCC2)n1)CC1CCOC1. The number of hydrogen-bond donors (Lipinski definition) is 2. The van der Waals surface area contributed by atoms with Gasteiger partial charge in [0.15, 0.2) is 0 Å². The predicted molar refractivity (Wildman–Crippen MR) is 78.1 cm³/mol. The van der Waals surface area contributed by atoms with E-state index in [4.69, 9.17) is 15.7 Å². The van der Waals surface area contributed by atoms with E-state index in [1.54, 1.807) is 0 Å². The monoisotopic (exact) mass is 278 g/mol. The maximum Gasteiger partial charge on any atom is 0.0640 e. The maximum absolute atomic E-state index is 5.70. The number of ether oxygens (including phenoxy) is 1. The summed E-state index contributed by atoms with van der Waals surface area (Å²) in [7, 11) is 0. The van der Waals surface area contributed by atoms with Crippen molar-refractivity contribution in [2.45, 2.75) is 57.0 Å². The first kappa shape index (κ1) is 14.0. The zero-order valence-corrected chi connectivity index (χ0v) is 12.1. The van der Waals surface area contributed by atoms with Crippen LogP contribution >= 0.6 is 0 Å². The second kappa shape index (κ2) is 6.70. The number of nitrogens with two attached hydrogens (primary N) is 1. The molecular formula is C15H26N4O. The van der Waals surface area contributed by atoms with Gasteiger partial charge in [0.25, 0.3) is 0 Å². The van der Waals surface area contributed by atoms with Crippen LogP contribution in [0.2, 0.25) is 0 Å². The Bertz CT molecular complexity index is 408. The van der Waals surface area contributed by atoms with Gasteiger partial charge >= 0.3 is 0 Å². The normalized spacial score (nSPS) is 25.4. The van der Waals surface area contributed by atoms with Crippen molar-refractivity contribution in [3.8, 4) is 0 Å². The summed E-state index contributed by atoms with van der Waals surface area (Å²) in [5.74, 6) is 6.35. The summed E-state index contributed by atoms with van der Waals surface area (Å²) in [6, 6.07) is 3.07. The molecule has 1 aliphatic heterocycles. The number of hydrazine groups is 1. The number of aromatic nitrogens is 2. The highest BCUT2D eigenvalue weighted by molar-refractivity contribution is 5.03. The van der Waals surface area contributed by atoms with Crippen molar-refractivity contribution in [3.63, 3.8) is 0 Å². The lowest BCUT2D eigenvalue weighted by atomic mass is 9.97. The Morgan fingerprint density at radius 1 is 1.40 bits per heavy atom. The molecule has 1 aromatic rings. The summed E-state index contributed by atoms with van der Waals surface area (Å²) < 4.78 is 7.60. The van der Waals surface area contributed by atoms with Gasteiger partial charge in [-0.25, -0.2) is 0 Å². The Kier molecular flexibility index (Phi) is 4.70. The Labute approximate surface area is 120 Å². The maximum atomic E-state index is 5.70. The molecule has 0 spiro atoms. The van der Waals surface area contributed by atoms with E-state index in [1.165, 1.54) is 25.7 Å². The van der Waals surface area contributed by atoms with Crippen LogP contribution in [0, 0.1) is 5.92 Å². The van der Waals surface area contributed by atoms with Gasteiger partial charge in [-0.3, -0.25) is 16.0 Å². The molecule has 2 unspecified atom stereocenters. The van der Waals surface area contributed by atoms with Crippen molar-refractivity contribution >= 4 is 0 Å². The first-order valence-electron chi connectivity index (χ1n) is 7.93.